The summed E-state index contributed by atoms with van der Waals surface area (Å²) in [7, 11) is -1.72. The molecule has 2 N–H and O–H groups in total. The van der Waals surface area contributed by atoms with Crippen molar-refractivity contribution < 1.29 is 8.42 Å². The van der Waals surface area contributed by atoms with Crippen LogP contribution in [0.2, 0.25) is 0 Å². The molecule has 0 amide bonds. The van der Waals surface area contributed by atoms with E-state index >= 15 is 0 Å². The fourth-order valence-corrected chi connectivity index (χ4v) is 3.80. The minimum absolute atomic E-state index is 0.144. The van der Waals surface area contributed by atoms with Gasteiger partial charge in [0.2, 0.25) is 0 Å². The minimum atomic E-state index is -3.59. The van der Waals surface area contributed by atoms with Gasteiger partial charge in [0, 0.05) is 17.6 Å². The topological polar surface area (TPSA) is 71.1 Å². The van der Waals surface area contributed by atoms with Crippen LogP contribution in [0, 0.1) is 0 Å². The van der Waals surface area contributed by atoms with Crippen molar-refractivity contribution in [1.29, 1.82) is 0 Å². The molecule has 1 unspecified atom stereocenters. The Labute approximate surface area is 123 Å². The number of hydrogen-bond donors (Lipinski definition) is 2. The molecule has 0 fully saturated rings. The van der Waals surface area contributed by atoms with Gasteiger partial charge in [0.15, 0.2) is 5.13 Å². The number of aromatic nitrogens is 1. The average molecular weight is 311 g/mol. The molecule has 0 radical (unpaired) electrons. The summed E-state index contributed by atoms with van der Waals surface area (Å²) in [6, 6.07) is 7.10. The second-order valence-electron chi connectivity index (χ2n) is 4.26. The zero-order valence-corrected chi connectivity index (χ0v) is 13.0. The lowest BCUT2D eigenvalue weighted by atomic mass is 10.1. The number of sulfonamides is 1. The van der Waals surface area contributed by atoms with Crippen molar-refractivity contribution >= 4 is 26.5 Å². The minimum Gasteiger partial charge on any atom is -0.313 e. The van der Waals surface area contributed by atoms with E-state index in [-0.39, 0.29) is 10.9 Å². The fourth-order valence-electron chi connectivity index (χ4n) is 1.95. The van der Waals surface area contributed by atoms with Crippen molar-refractivity contribution in [3.63, 3.8) is 0 Å². The van der Waals surface area contributed by atoms with E-state index in [4.69, 9.17) is 0 Å². The van der Waals surface area contributed by atoms with Crippen LogP contribution in [0.5, 0.6) is 0 Å². The lowest BCUT2D eigenvalue weighted by molar-refractivity contribution is 0.574. The van der Waals surface area contributed by atoms with E-state index in [0.717, 1.165) is 12.0 Å². The number of nitrogens with one attached hydrogen (secondary N) is 2. The Morgan fingerprint density at radius 1 is 1.40 bits per heavy atom. The molecular formula is C13H17N3O2S2. The number of anilines is 1. The summed E-state index contributed by atoms with van der Waals surface area (Å²) in [6.45, 7) is 2.05. The maximum atomic E-state index is 12.3. The number of rotatable bonds is 6. The molecule has 1 aromatic carbocycles. The Kier molecular flexibility index (Phi) is 4.74. The van der Waals surface area contributed by atoms with Gasteiger partial charge in [0.1, 0.15) is 0 Å². The van der Waals surface area contributed by atoms with Gasteiger partial charge < -0.3 is 5.32 Å². The summed E-state index contributed by atoms with van der Waals surface area (Å²) in [5, 5.41) is 5.26. The molecule has 0 saturated heterocycles. The summed E-state index contributed by atoms with van der Waals surface area (Å²) in [6.07, 6.45) is 2.45. The summed E-state index contributed by atoms with van der Waals surface area (Å²) >= 11 is 1.25. The number of hydrogen-bond acceptors (Lipinski definition) is 5. The van der Waals surface area contributed by atoms with Crippen molar-refractivity contribution in [1.82, 2.24) is 10.3 Å². The van der Waals surface area contributed by atoms with E-state index in [1.165, 1.54) is 11.3 Å². The second-order valence-corrected chi connectivity index (χ2v) is 6.84. The summed E-state index contributed by atoms with van der Waals surface area (Å²) in [4.78, 5) is 4.18. The molecule has 0 aliphatic rings. The van der Waals surface area contributed by atoms with Crippen molar-refractivity contribution in [3.8, 4) is 0 Å². The van der Waals surface area contributed by atoms with Gasteiger partial charge in [0.05, 0.1) is 4.90 Å². The molecule has 2 aromatic rings. The predicted molar refractivity (Wildman–Crippen MR) is 81.5 cm³/mol. The predicted octanol–water partition coefficient (Wildman–Crippen LogP) is 2.61. The van der Waals surface area contributed by atoms with Crippen molar-refractivity contribution in [3.05, 3.63) is 41.4 Å². The Hall–Kier alpha value is -1.44. The summed E-state index contributed by atoms with van der Waals surface area (Å²) < 4.78 is 27.0. The van der Waals surface area contributed by atoms with Crippen LogP contribution in [0.15, 0.2) is 40.7 Å². The molecule has 0 aliphatic carbocycles. The van der Waals surface area contributed by atoms with Crippen LogP contribution in [0.25, 0.3) is 0 Å². The van der Waals surface area contributed by atoms with Crippen LogP contribution in [-0.2, 0) is 10.0 Å². The molecule has 1 aromatic heterocycles. The standard InChI is InChI=1S/C13H17N3O2S2/c1-3-12(14-2)10-5-4-6-11(9-10)20(17,18)16-13-15-7-8-19-13/h4-9,12,14H,3H2,1-2H3,(H,15,16). The molecule has 0 saturated carbocycles. The van der Waals surface area contributed by atoms with Crippen molar-refractivity contribution in [2.45, 2.75) is 24.3 Å². The smallest absolute Gasteiger partial charge is 0.263 e. The van der Waals surface area contributed by atoms with Crippen LogP contribution in [0.1, 0.15) is 24.9 Å². The molecule has 7 heteroatoms. The maximum absolute atomic E-state index is 12.3. The van der Waals surface area contributed by atoms with Crippen molar-refractivity contribution in [2.24, 2.45) is 0 Å². The van der Waals surface area contributed by atoms with E-state index in [1.807, 2.05) is 13.1 Å². The summed E-state index contributed by atoms with van der Waals surface area (Å²) in [5.74, 6) is 0. The molecule has 1 atom stereocenters. The molecule has 0 bridgehead atoms. The van der Waals surface area contributed by atoms with Gasteiger partial charge in [0.25, 0.3) is 10.0 Å². The molecule has 2 rings (SSSR count). The first kappa shape index (κ1) is 15.0. The zero-order valence-electron chi connectivity index (χ0n) is 11.3. The SMILES string of the molecule is CCC(NC)c1cccc(S(=O)(=O)Nc2nccs2)c1. The van der Waals surface area contributed by atoms with E-state index < -0.39 is 10.0 Å². The number of nitrogens with zero attached hydrogens (tertiary/aromatic N) is 1. The lowest BCUT2D eigenvalue weighted by Gasteiger charge is -2.15. The molecule has 20 heavy (non-hydrogen) atoms. The summed E-state index contributed by atoms with van der Waals surface area (Å²) in [5.41, 5.74) is 0.956. The van der Waals surface area contributed by atoms with Gasteiger partial charge in [-0.3, -0.25) is 4.72 Å². The molecule has 0 aliphatic heterocycles. The highest BCUT2D eigenvalue weighted by Crippen LogP contribution is 2.22. The van der Waals surface area contributed by atoms with Crippen LogP contribution in [-0.4, -0.2) is 20.4 Å². The van der Waals surface area contributed by atoms with Crippen LogP contribution in [0.4, 0.5) is 5.13 Å². The first-order valence-corrected chi connectivity index (χ1v) is 8.62. The first-order valence-electron chi connectivity index (χ1n) is 6.26. The molecule has 5 nitrogen and oxygen atoms in total. The van der Waals surface area contributed by atoms with Crippen molar-refractivity contribution in [2.75, 3.05) is 11.8 Å². The Balaban J connectivity index is 2.30. The van der Waals surface area contributed by atoms with Gasteiger partial charge in [-0.15, -0.1) is 11.3 Å². The number of benzene rings is 1. The second kappa shape index (κ2) is 6.34. The quantitative estimate of drug-likeness (QED) is 0.860. The molecular weight excluding hydrogens is 294 g/mol. The third kappa shape index (κ3) is 3.36. The largest absolute Gasteiger partial charge is 0.313 e. The highest BCUT2D eigenvalue weighted by molar-refractivity contribution is 7.93. The van der Waals surface area contributed by atoms with Crippen LogP contribution in [0.3, 0.4) is 0 Å². The third-order valence-corrected chi connectivity index (χ3v) is 5.14. The Morgan fingerprint density at radius 2 is 2.20 bits per heavy atom. The molecule has 1 heterocycles. The lowest BCUT2D eigenvalue weighted by Crippen LogP contribution is -2.17. The van der Waals surface area contributed by atoms with Crippen LogP contribution < -0.4 is 10.0 Å². The van der Waals surface area contributed by atoms with E-state index in [9.17, 15) is 8.42 Å². The number of thiazole rings is 1. The zero-order chi connectivity index (χ0) is 14.6. The molecule has 0 spiro atoms. The van der Waals surface area contributed by atoms with E-state index in [0.29, 0.717) is 5.13 Å². The maximum Gasteiger partial charge on any atom is 0.263 e. The highest BCUT2D eigenvalue weighted by Gasteiger charge is 2.17. The Morgan fingerprint density at radius 3 is 2.80 bits per heavy atom. The fraction of sp³-hybridized carbons (Fsp3) is 0.308. The monoisotopic (exact) mass is 311 g/mol. The van der Waals surface area contributed by atoms with Gasteiger partial charge in [-0.25, -0.2) is 13.4 Å². The Bertz CT molecular complexity index is 650. The highest BCUT2D eigenvalue weighted by atomic mass is 32.2. The van der Waals surface area contributed by atoms with Gasteiger partial charge in [-0.05, 0) is 31.2 Å². The average Bonchev–Trinajstić information content (AvgIpc) is 2.93. The van der Waals surface area contributed by atoms with Gasteiger partial charge >= 0.3 is 0 Å². The van der Waals surface area contributed by atoms with E-state index in [1.54, 1.807) is 29.8 Å². The van der Waals surface area contributed by atoms with Gasteiger partial charge in [-0.1, -0.05) is 19.1 Å². The van der Waals surface area contributed by atoms with Crippen LogP contribution >= 0.6 is 11.3 Å². The van der Waals surface area contributed by atoms with Gasteiger partial charge in [-0.2, -0.15) is 0 Å². The molecule has 108 valence electrons. The van der Waals surface area contributed by atoms with E-state index in [2.05, 4.69) is 21.9 Å². The third-order valence-electron chi connectivity index (χ3n) is 2.98. The first-order chi connectivity index (χ1) is 9.56. The normalized spacial score (nSPS) is 13.1.